The van der Waals surface area contributed by atoms with Gasteiger partial charge in [0, 0.05) is 31.1 Å². The molecular weight excluding hydrogens is 446 g/mol. The smallest absolute Gasteiger partial charge is 0.179 e. The third kappa shape index (κ3) is 5.60. The van der Waals surface area contributed by atoms with E-state index in [9.17, 15) is 13.5 Å². The number of rotatable bonds is 9. The van der Waals surface area contributed by atoms with Gasteiger partial charge in [-0.05, 0) is 54.3 Å². The Morgan fingerprint density at radius 1 is 1.03 bits per heavy atom. The Kier molecular flexibility index (Phi) is 9.61. The maximum atomic E-state index is 13.8. The number of aliphatic hydroxyl groups is 1. The zero-order chi connectivity index (χ0) is 24.2. The molecule has 0 radical (unpaired) electrons. The van der Waals surface area contributed by atoms with Crippen LogP contribution < -0.4 is 9.64 Å². The average Bonchev–Trinajstić information content (AvgIpc) is 2.87. The summed E-state index contributed by atoms with van der Waals surface area (Å²) in [5, 5.41) is 12.1. The second kappa shape index (κ2) is 11.6. The number of anilines is 1. The number of unbranched alkanes of at least 4 members (excludes halogenated alkanes) is 2. The molecule has 0 aromatic heterocycles. The molecule has 34 heavy (non-hydrogen) atoms. The van der Waals surface area contributed by atoms with Gasteiger partial charge in [0.25, 0.3) is 0 Å². The molecule has 0 spiro atoms. The molecule has 1 aliphatic rings. The van der Waals surface area contributed by atoms with Crippen LogP contribution in [0.3, 0.4) is 0 Å². The summed E-state index contributed by atoms with van der Waals surface area (Å²) in [5.41, 5.74) is 1.83. The first kappa shape index (κ1) is 28.2. The highest BCUT2D eigenvalue weighted by molar-refractivity contribution is 7.91. The number of ether oxygens (including phenoxy) is 1. The van der Waals surface area contributed by atoms with E-state index in [0.29, 0.717) is 23.3 Å². The van der Waals surface area contributed by atoms with Crippen LogP contribution in [-0.2, 0) is 9.84 Å². The highest BCUT2D eigenvalue weighted by Gasteiger charge is 2.49. The van der Waals surface area contributed by atoms with E-state index in [2.05, 4.69) is 13.8 Å². The predicted molar refractivity (Wildman–Crippen MR) is 142 cm³/mol. The fourth-order valence-electron chi connectivity index (χ4n) is 5.20. The number of aliphatic hydroxyl groups excluding tert-OH is 1. The van der Waals surface area contributed by atoms with Crippen molar-refractivity contribution in [2.75, 3.05) is 31.9 Å². The third-order valence-corrected chi connectivity index (χ3v) is 9.13. The van der Waals surface area contributed by atoms with E-state index >= 15 is 0 Å². The minimum atomic E-state index is -3.58. The predicted octanol–water partition coefficient (Wildman–Crippen LogP) is 6.04. The van der Waals surface area contributed by atoms with Crippen molar-refractivity contribution in [3.8, 4) is 5.75 Å². The molecule has 0 fully saturated rings. The molecular formula is C28H43NO4S. The van der Waals surface area contributed by atoms with Crippen LogP contribution in [0, 0.1) is 5.41 Å². The van der Waals surface area contributed by atoms with E-state index in [4.69, 9.17) is 4.74 Å². The summed E-state index contributed by atoms with van der Waals surface area (Å²) in [6.45, 7) is 4.23. The van der Waals surface area contributed by atoms with Crippen LogP contribution in [0.5, 0.6) is 5.75 Å². The summed E-state index contributed by atoms with van der Waals surface area (Å²) in [6.07, 6.45) is 4.31. The number of hydrogen-bond acceptors (Lipinski definition) is 5. The fourth-order valence-corrected chi connectivity index (χ4v) is 7.39. The quantitative estimate of drug-likeness (QED) is 0.465. The molecule has 1 aliphatic heterocycles. The SMILES string of the molecule is C.CCCCC1(CCCC)CS(=O)(=O)c2ccc(N(C)C)cc2C(c2ccc(OC)cc2)C1O. The first-order valence-electron chi connectivity index (χ1n) is 12.0. The summed E-state index contributed by atoms with van der Waals surface area (Å²) >= 11 is 0. The molecule has 190 valence electrons. The van der Waals surface area contributed by atoms with E-state index in [-0.39, 0.29) is 13.2 Å². The summed E-state index contributed by atoms with van der Waals surface area (Å²) in [5.74, 6) is 0.291. The lowest BCUT2D eigenvalue weighted by molar-refractivity contribution is 0.0127. The molecule has 0 saturated carbocycles. The topological polar surface area (TPSA) is 66.8 Å². The number of sulfone groups is 1. The molecule has 0 aliphatic carbocycles. The Morgan fingerprint density at radius 3 is 2.12 bits per heavy atom. The van der Waals surface area contributed by atoms with Crippen LogP contribution in [0.1, 0.15) is 76.8 Å². The van der Waals surface area contributed by atoms with Gasteiger partial charge in [0.1, 0.15) is 5.75 Å². The van der Waals surface area contributed by atoms with Gasteiger partial charge in [-0.25, -0.2) is 8.42 Å². The van der Waals surface area contributed by atoms with E-state index in [0.717, 1.165) is 42.7 Å². The van der Waals surface area contributed by atoms with Crippen molar-refractivity contribution in [2.45, 2.75) is 76.7 Å². The zero-order valence-corrected chi connectivity index (χ0v) is 21.5. The third-order valence-electron chi connectivity index (χ3n) is 7.13. The lowest BCUT2D eigenvalue weighted by Crippen LogP contribution is -2.43. The van der Waals surface area contributed by atoms with Gasteiger partial charge < -0.3 is 14.7 Å². The summed E-state index contributed by atoms with van der Waals surface area (Å²) in [6, 6.07) is 13.2. The molecule has 5 nitrogen and oxygen atoms in total. The van der Waals surface area contributed by atoms with Gasteiger partial charge in [0.15, 0.2) is 9.84 Å². The Bertz CT molecular complexity index is 1020. The van der Waals surface area contributed by atoms with Gasteiger partial charge >= 0.3 is 0 Å². The summed E-state index contributed by atoms with van der Waals surface area (Å²) in [7, 11) is 1.93. The van der Waals surface area contributed by atoms with E-state index in [1.807, 2.05) is 55.4 Å². The zero-order valence-electron chi connectivity index (χ0n) is 20.7. The molecule has 1 N–H and O–H groups in total. The van der Waals surface area contributed by atoms with Crippen molar-refractivity contribution >= 4 is 15.5 Å². The highest BCUT2D eigenvalue weighted by atomic mass is 32.2. The van der Waals surface area contributed by atoms with Crippen molar-refractivity contribution < 1.29 is 18.3 Å². The number of hydrogen-bond donors (Lipinski definition) is 1. The molecule has 2 aromatic rings. The number of fused-ring (bicyclic) bond motifs is 1. The summed E-state index contributed by atoms with van der Waals surface area (Å²) < 4.78 is 32.9. The van der Waals surface area contributed by atoms with Gasteiger partial charge in [0.2, 0.25) is 0 Å². The average molecular weight is 490 g/mol. The molecule has 6 heteroatoms. The maximum Gasteiger partial charge on any atom is 0.179 e. The first-order chi connectivity index (χ1) is 15.7. The molecule has 1 heterocycles. The Hall–Kier alpha value is -2.05. The molecule has 3 rings (SSSR count). The van der Waals surface area contributed by atoms with Crippen LogP contribution in [0.2, 0.25) is 0 Å². The Balaban J connectivity index is 0.00000408. The van der Waals surface area contributed by atoms with Crippen molar-refractivity contribution in [2.24, 2.45) is 5.41 Å². The monoisotopic (exact) mass is 489 g/mol. The largest absolute Gasteiger partial charge is 0.497 e. The lowest BCUT2D eigenvalue weighted by atomic mass is 9.68. The Labute approximate surface area is 207 Å². The molecule has 0 saturated heterocycles. The second-order valence-electron chi connectivity index (χ2n) is 9.64. The van der Waals surface area contributed by atoms with E-state index in [1.54, 1.807) is 13.2 Å². The standard InChI is InChI=1S/C27H39NO4S.CH4/c1-6-8-16-27(17-9-7-2)19-33(30,31)24-15-12-21(28(3)4)18-23(24)25(26(27)29)20-10-13-22(32-5)14-11-20;/h10-15,18,25-26,29H,6-9,16-17,19H2,1-5H3;1H4. The van der Waals surface area contributed by atoms with Crippen LogP contribution >= 0.6 is 0 Å². The van der Waals surface area contributed by atoms with Gasteiger partial charge in [-0.2, -0.15) is 0 Å². The van der Waals surface area contributed by atoms with Crippen molar-refractivity contribution in [1.29, 1.82) is 0 Å². The van der Waals surface area contributed by atoms with Gasteiger partial charge in [-0.1, -0.05) is 59.1 Å². The van der Waals surface area contributed by atoms with Crippen LogP contribution in [0.4, 0.5) is 5.69 Å². The minimum Gasteiger partial charge on any atom is -0.497 e. The number of benzene rings is 2. The van der Waals surface area contributed by atoms with Gasteiger partial charge in [0.05, 0.1) is 23.9 Å². The van der Waals surface area contributed by atoms with E-state index < -0.39 is 27.3 Å². The Morgan fingerprint density at radius 2 is 1.62 bits per heavy atom. The molecule has 2 aromatic carbocycles. The van der Waals surface area contributed by atoms with Crippen LogP contribution in [0.25, 0.3) is 0 Å². The number of nitrogens with zero attached hydrogens (tertiary/aromatic N) is 1. The van der Waals surface area contributed by atoms with Crippen molar-refractivity contribution in [1.82, 2.24) is 0 Å². The fraction of sp³-hybridized carbons (Fsp3) is 0.571. The molecule has 0 amide bonds. The highest BCUT2D eigenvalue weighted by Crippen LogP contribution is 2.50. The lowest BCUT2D eigenvalue weighted by Gasteiger charge is -2.40. The molecule has 2 atom stereocenters. The van der Waals surface area contributed by atoms with Crippen molar-refractivity contribution in [3.05, 3.63) is 53.6 Å². The summed E-state index contributed by atoms with van der Waals surface area (Å²) in [4.78, 5) is 2.32. The minimum absolute atomic E-state index is 0. The van der Waals surface area contributed by atoms with Crippen LogP contribution in [0.15, 0.2) is 47.4 Å². The van der Waals surface area contributed by atoms with Crippen LogP contribution in [-0.4, -0.2) is 46.6 Å². The van der Waals surface area contributed by atoms with Gasteiger partial charge in [-0.15, -0.1) is 0 Å². The second-order valence-corrected chi connectivity index (χ2v) is 11.6. The maximum absolute atomic E-state index is 13.8. The normalized spacial score (nSPS) is 20.5. The van der Waals surface area contributed by atoms with Crippen molar-refractivity contribution in [3.63, 3.8) is 0 Å². The van der Waals surface area contributed by atoms with E-state index in [1.165, 1.54) is 0 Å². The molecule has 0 bridgehead atoms. The van der Waals surface area contributed by atoms with Gasteiger partial charge in [-0.3, -0.25) is 0 Å². The number of methoxy groups -OCH3 is 1. The first-order valence-corrected chi connectivity index (χ1v) is 13.7. The molecule has 2 unspecified atom stereocenters.